The van der Waals surface area contributed by atoms with Gasteiger partial charge in [-0.15, -0.1) is 0 Å². The second kappa shape index (κ2) is 12.8. The van der Waals surface area contributed by atoms with E-state index >= 15 is 0 Å². The number of nitrogens with zero attached hydrogens (tertiary/aromatic N) is 2. The van der Waals surface area contributed by atoms with Gasteiger partial charge in [0, 0.05) is 24.8 Å². The van der Waals surface area contributed by atoms with Crippen LogP contribution in [-0.2, 0) is 13.0 Å². The third kappa shape index (κ3) is 8.46. The molecule has 0 aromatic heterocycles. The van der Waals surface area contributed by atoms with Gasteiger partial charge in [-0.2, -0.15) is 0 Å². The van der Waals surface area contributed by atoms with E-state index in [1.807, 2.05) is 44.4 Å². The van der Waals surface area contributed by atoms with Gasteiger partial charge in [0.2, 0.25) is 0 Å². The van der Waals surface area contributed by atoms with Gasteiger partial charge in [-0.3, -0.25) is 0 Å². The van der Waals surface area contributed by atoms with Crippen molar-refractivity contribution in [3.8, 4) is 0 Å². The van der Waals surface area contributed by atoms with Crippen LogP contribution in [0.15, 0.2) is 42.5 Å². The Morgan fingerprint density at radius 2 is 1.79 bits per heavy atom. The molecular formula is C27H38Cl2N4O. The summed E-state index contributed by atoms with van der Waals surface area (Å²) in [6, 6.07) is 13.9. The van der Waals surface area contributed by atoms with E-state index in [9.17, 15) is 4.79 Å². The third-order valence-electron chi connectivity index (χ3n) is 6.48. The van der Waals surface area contributed by atoms with E-state index in [-0.39, 0.29) is 12.1 Å². The molecule has 3 rings (SSSR count). The number of hydrogen-bond donors (Lipinski definition) is 2. The number of likely N-dealkylation sites (tertiary alicyclic amines) is 1. The van der Waals surface area contributed by atoms with Crippen LogP contribution < -0.4 is 10.6 Å². The van der Waals surface area contributed by atoms with Gasteiger partial charge in [0.05, 0.1) is 10.0 Å². The molecule has 0 bridgehead atoms. The minimum atomic E-state index is -0.143. The Bertz CT molecular complexity index is 942. The highest BCUT2D eigenvalue weighted by atomic mass is 35.5. The first-order valence-corrected chi connectivity index (χ1v) is 12.9. The van der Waals surface area contributed by atoms with Crippen LogP contribution in [0, 0.1) is 11.8 Å². The first-order chi connectivity index (χ1) is 16.2. The smallest absolute Gasteiger partial charge is 0.319 e. The zero-order chi connectivity index (χ0) is 24.7. The molecule has 0 radical (unpaired) electrons. The van der Waals surface area contributed by atoms with E-state index in [2.05, 4.69) is 46.4 Å². The summed E-state index contributed by atoms with van der Waals surface area (Å²) in [7, 11) is 4.08. The van der Waals surface area contributed by atoms with Crippen molar-refractivity contribution in [2.24, 2.45) is 11.8 Å². The summed E-state index contributed by atoms with van der Waals surface area (Å²) in [5.74, 6) is 0.997. The lowest BCUT2D eigenvalue weighted by molar-refractivity contribution is 0.157. The maximum atomic E-state index is 12.7. The van der Waals surface area contributed by atoms with Crippen molar-refractivity contribution < 1.29 is 4.79 Å². The molecule has 34 heavy (non-hydrogen) atoms. The van der Waals surface area contributed by atoms with E-state index < -0.39 is 0 Å². The zero-order valence-corrected chi connectivity index (χ0v) is 22.3. The van der Waals surface area contributed by atoms with E-state index in [1.54, 1.807) is 0 Å². The molecule has 1 aliphatic rings. The Labute approximate surface area is 214 Å². The number of hydrogen-bond acceptors (Lipinski definition) is 3. The van der Waals surface area contributed by atoms with E-state index in [0.717, 1.165) is 51.1 Å². The molecule has 2 aromatic carbocycles. The first kappa shape index (κ1) is 26.8. The maximum absolute atomic E-state index is 12.7. The summed E-state index contributed by atoms with van der Waals surface area (Å²) >= 11 is 12.2. The minimum Gasteiger partial charge on any atom is -0.334 e. The monoisotopic (exact) mass is 504 g/mol. The molecule has 0 aliphatic carbocycles. The molecule has 0 saturated carbocycles. The number of piperidine rings is 1. The molecule has 0 spiro atoms. The average molecular weight is 506 g/mol. The van der Waals surface area contributed by atoms with Gasteiger partial charge < -0.3 is 20.4 Å². The standard InChI is InChI=1S/C27H38Cl2N4O/c1-19(2)26(31-27(34)30-23-7-5-6-22(15-23)17-32(3)4)18-33-12-10-20(11-13-33)14-21-8-9-24(28)25(29)16-21/h5-9,15-16,19-20,26H,10-14,17-18H2,1-4H3,(H2,30,31,34)/t26-/m0/s1. The molecule has 186 valence electrons. The number of anilines is 1. The highest BCUT2D eigenvalue weighted by Crippen LogP contribution is 2.27. The fourth-order valence-electron chi connectivity index (χ4n) is 4.52. The highest BCUT2D eigenvalue weighted by molar-refractivity contribution is 6.42. The molecule has 2 amide bonds. The molecular weight excluding hydrogens is 467 g/mol. The van der Waals surface area contributed by atoms with Crippen LogP contribution in [0.3, 0.4) is 0 Å². The van der Waals surface area contributed by atoms with Gasteiger partial charge in [-0.1, -0.05) is 55.2 Å². The molecule has 0 unspecified atom stereocenters. The van der Waals surface area contributed by atoms with Gasteiger partial charge in [0.15, 0.2) is 0 Å². The van der Waals surface area contributed by atoms with Gasteiger partial charge in [0.1, 0.15) is 0 Å². The second-order valence-corrected chi connectivity index (χ2v) is 10.9. The van der Waals surface area contributed by atoms with Crippen LogP contribution in [0.5, 0.6) is 0 Å². The molecule has 1 atom stereocenters. The molecule has 2 aromatic rings. The molecule has 7 heteroatoms. The topological polar surface area (TPSA) is 47.6 Å². The highest BCUT2D eigenvalue weighted by Gasteiger charge is 2.24. The minimum absolute atomic E-state index is 0.0941. The Morgan fingerprint density at radius 1 is 1.06 bits per heavy atom. The Hall–Kier alpha value is -1.79. The van der Waals surface area contributed by atoms with Crippen molar-refractivity contribution in [3.05, 3.63) is 63.6 Å². The van der Waals surface area contributed by atoms with Crippen LogP contribution in [0.1, 0.15) is 37.8 Å². The van der Waals surface area contributed by atoms with Gasteiger partial charge >= 0.3 is 6.03 Å². The van der Waals surface area contributed by atoms with Crippen molar-refractivity contribution in [2.45, 2.75) is 45.7 Å². The van der Waals surface area contributed by atoms with Crippen LogP contribution in [0.4, 0.5) is 10.5 Å². The van der Waals surface area contributed by atoms with Crippen molar-refractivity contribution in [1.82, 2.24) is 15.1 Å². The predicted molar refractivity (Wildman–Crippen MR) is 144 cm³/mol. The Morgan fingerprint density at radius 3 is 2.44 bits per heavy atom. The molecule has 1 aliphatic heterocycles. The number of urea groups is 1. The summed E-state index contributed by atoms with van der Waals surface area (Å²) in [6.07, 6.45) is 3.33. The third-order valence-corrected chi connectivity index (χ3v) is 7.21. The number of halogens is 2. The summed E-state index contributed by atoms with van der Waals surface area (Å²) in [6.45, 7) is 8.13. The Kier molecular flexibility index (Phi) is 10.1. The largest absolute Gasteiger partial charge is 0.334 e. The number of benzene rings is 2. The van der Waals surface area contributed by atoms with E-state index in [1.165, 1.54) is 11.1 Å². The van der Waals surface area contributed by atoms with Crippen molar-refractivity contribution >= 4 is 34.9 Å². The fraction of sp³-hybridized carbons (Fsp3) is 0.519. The zero-order valence-electron chi connectivity index (χ0n) is 20.8. The summed E-state index contributed by atoms with van der Waals surface area (Å²) < 4.78 is 0. The predicted octanol–water partition coefficient (Wildman–Crippen LogP) is 6.16. The van der Waals surface area contributed by atoms with Crippen LogP contribution in [0.25, 0.3) is 0 Å². The maximum Gasteiger partial charge on any atom is 0.319 e. The number of rotatable bonds is 9. The number of carbonyl (C=O) groups excluding carboxylic acids is 1. The van der Waals surface area contributed by atoms with Gasteiger partial charge in [0.25, 0.3) is 0 Å². The normalized spacial score (nSPS) is 16.1. The van der Waals surface area contributed by atoms with E-state index in [0.29, 0.717) is 21.9 Å². The number of nitrogens with one attached hydrogen (secondary N) is 2. The lowest BCUT2D eigenvalue weighted by Crippen LogP contribution is -2.49. The quantitative estimate of drug-likeness (QED) is 0.430. The van der Waals surface area contributed by atoms with Crippen molar-refractivity contribution in [2.75, 3.05) is 39.0 Å². The molecule has 1 fully saturated rings. The molecule has 5 nitrogen and oxygen atoms in total. The first-order valence-electron chi connectivity index (χ1n) is 12.2. The molecule has 1 heterocycles. The SMILES string of the molecule is CC(C)[C@H](CN1CCC(Cc2ccc(Cl)c(Cl)c2)CC1)NC(=O)Nc1cccc(CN(C)C)c1. The van der Waals surface area contributed by atoms with Crippen molar-refractivity contribution in [3.63, 3.8) is 0 Å². The summed E-state index contributed by atoms with van der Waals surface area (Å²) in [4.78, 5) is 17.3. The number of carbonyl (C=O) groups is 1. The second-order valence-electron chi connectivity index (χ2n) is 10.1. The van der Waals surface area contributed by atoms with Gasteiger partial charge in [-0.25, -0.2) is 4.79 Å². The fourth-order valence-corrected chi connectivity index (χ4v) is 4.84. The lowest BCUT2D eigenvalue weighted by atomic mass is 9.89. The molecule has 2 N–H and O–H groups in total. The number of amides is 2. The Balaban J connectivity index is 1.47. The van der Waals surface area contributed by atoms with Crippen LogP contribution in [0.2, 0.25) is 10.0 Å². The lowest BCUT2D eigenvalue weighted by Gasteiger charge is -2.35. The van der Waals surface area contributed by atoms with Crippen molar-refractivity contribution in [1.29, 1.82) is 0 Å². The van der Waals surface area contributed by atoms with Crippen LogP contribution >= 0.6 is 23.2 Å². The summed E-state index contributed by atoms with van der Waals surface area (Å²) in [5.41, 5.74) is 3.25. The van der Waals surface area contributed by atoms with Crippen LogP contribution in [-0.4, -0.2) is 55.6 Å². The van der Waals surface area contributed by atoms with Gasteiger partial charge in [-0.05, 0) is 93.7 Å². The molecule has 1 saturated heterocycles. The summed E-state index contributed by atoms with van der Waals surface area (Å²) in [5, 5.41) is 7.46. The average Bonchev–Trinajstić information content (AvgIpc) is 2.77. The van der Waals surface area contributed by atoms with E-state index in [4.69, 9.17) is 23.2 Å².